The molecular formula is C18H24N6O4S. The number of sulfonamides is 1. The zero-order chi connectivity index (χ0) is 20.8. The Morgan fingerprint density at radius 1 is 1.10 bits per heavy atom. The van der Waals surface area contributed by atoms with Crippen LogP contribution in [0.1, 0.15) is 32.5 Å². The van der Waals surface area contributed by atoms with Crippen LogP contribution in [-0.2, 0) is 22.0 Å². The molecule has 156 valence electrons. The van der Waals surface area contributed by atoms with Crippen LogP contribution in [0.25, 0.3) is 11.0 Å². The number of rotatable bonds is 4. The van der Waals surface area contributed by atoms with Crippen molar-refractivity contribution in [2.45, 2.75) is 37.6 Å². The van der Waals surface area contributed by atoms with Gasteiger partial charge in [-0.15, -0.1) is 0 Å². The van der Waals surface area contributed by atoms with Crippen LogP contribution in [0.5, 0.6) is 0 Å². The molecule has 4 rings (SSSR count). The van der Waals surface area contributed by atoms with Crippen molar-refractivity contribution in [3.8, 4) is 0 Å². The maximum atomic E-state index is 13.0. The lowest BCUT2D eigenvalue weighted by Crippen LogP contribution is -2.48. The van der Waals surface area contributed by atoms with Gasteiger partial charge < -0.3 is 14.5 Å². The number of nitrogens with one attached hydrogen (secondary N) is 2. The summed E-state index contributed by atoms with van der Waals surface area (Å²) in [5.74, 6) is 1.19. The van der Waals surface area contributed by atoms with Gasteiger partial charge in [-0.2, -0.15) is 9.29 Å². The number of nitrogens with zero attached hydrogens (tertiary/aromatic N) is 4. The Labute approximate surface area is 168 Å². The van der Waals surface area contributed by atoms with Gasteiger partial charge in [0.15, 0.2) is 5.82 Å². The van der Waals surface area contributed by atoms with Crippen LogP contribution in [0.15, 0.2) is 32.4 Å². The van der Waals surface area contributed by atoms with E-state index in [1.807, 2.05) is 20.8 Å². The largest absolute Gasteiger partial charge is 0.339 e. The first kappa shape index (κ1) is 19.8. The minimum absolute atomic E-state index is 0.168. The average Bonchev–Trinajstić information content (AvgIpc) is 3.26. The zero-order valence-electron chi connectivity index (χ0n) is 16.6. The van der Waals surface area contributed by atoms with E-state index >= 15 is 0 Å². The first-order valence-corrected chi connectivity index (χ1v) is 10.8. The molecule has 1 fully saturated rings. The highest BCUT2D eigenvalue weighted by atomic mass is 32.2. The Hall–Kier alpha value is -2.50. The Kier molecular flexibility index (Phi) is 4.83. The molecule has 1 aliphatic heterocycles. The van der Waals surface area contributed by atoms with Crippen molar-refractivity contribution in [2.75, 3.05) is 26.2 Å². The van der Waals surface area contributed by atoms with E-state index < -0.39 is 10.0 Å². The van der Waals surface area contributed by atoms with Crippen molar-refractivity contribution in [3.63, 3.8) is 0 Å². The van der Waals surface area contributed by atoms with E-state index in [-0.39, 0.29) is 16.0 Å². The Morgan fingerprint density at radius 2 is 1.79 bits per heavy atom. The molecule has 2 N–H and O–H groups in total. The molecule has 0 radical (unpaired) electrons. The number of aromatic nitrogens is 4. The monoisotopic (exact) mass is 420 g/mol. The summed E-state index contributed by atoms with van der Waals surface area (Å²) in [4.78, 5) is 23.3. The Balaban J connectivity index is 1.42. The second-order valence-corrected chi connectivity index (χ2v) is 10.2. The lowest BCUT2D eigenvalue weighted by molar-refractivity contribution is 0.176. The van der Waals surface area contributed by atoms with Gasteiger partial charge in [-0.05, 0) is 18.2 Å². The molecule has 0 aliphatic carbocycles. The summed E-state index contributed by atoms with van der Waals surface area (Å²) in [5, 5.41) is 4.03. The van der Waals surface area contributed by atoms with E-state index in [2.05, 4.69) is 25.0 Å². The van der Waals surface area contributed by atoms with E-state index in [9.17, 15) is 13.2 Å². The summed E-state index contributed by atoms with van der Waals surface area (Å²) in [7, 11) is -3.63. The Bertz CT molecular complexity index is 1180. The van der Waals surface area contributed by atoms with Crippen molar-refractivity contribution in [1.29, 1.82) is 0 Å². The molecular weight excluding hydrogens is 396 g/mol. The first-order valence-electron chi connectivity index (χ1n) is 9.40. The summed E-state index contributed by atoms with van der Waals surface area (Å²) < 4.78 is 32.7. The van der Waals surface area contributed by atoms with E-state index in [1.54, 1.807) is 6.07 Å². The van der Waals surface area contributed by atoms with Gasteiger partial charge in [0.05, 0.1) is 22.5 Å². The fourth-order valence-corrected chi connectivity index (χ4v) is 4.72. The summed E-state index contributed by atoms with van der Waals surface area (Å²) in [6.07, 6.45) is 0. The van der Waals surface area contributed by atoms with Crippen molar-refractivity contribution >= 4 is 21.1 Å². The number of piperazine rings is 1. The third-order valence-electron chi connectivity index (χ3n) is 4.93. The Morgan fingerprint density at radius 3 is 2.45 bits per heavy atom. The van der Waals surface area contributed by atoms with Crippen LogP contribution < -0.4 is 5.69 Å². The van der Waals surface area contributed by atoms with Crippen LogP contribution >= 0.6 is 0 Å². The van der Waals surface area contributed by atoms with Gasteiger partial charge >= 0.3 is 5.69 Å². The quantitative estimate of drug-likeness (QED) is 0.645. The molecule has 0 bridgehead atoms. The highest BCUT2D eigenvalue weighted by Gasteiger charge is 2.30. The van der Waals surface area contributed by atoms with Crippen LogP contribution in [-0.4, -0.2) is 63.9 Å². The predicted octanol–water partition coefficient (Wildman–Crippen LogP) is 1.04. The van der Waals surface area contributed by atoms with Crippen LogP contribution in [0.4, 0.5) is 0 Å². The van der Waals surface area contributed by atoms with Crippen LogP contribution in [0.2, 0.25) is 0 Å². The van der Waals surface area contributed by atoms with E-state index in [1.165, 1.54) is 16.4 Å². The fraction of sp³-hybridized carbons (Fsp3) is 0.500. The molecule has 11 heteroatoms. The van der Waals surface area contributed by atoms with Gasteiger partial charge in [-0.1, -0.05) is 25.9 Å². The van der Waals surface area contributed by atoms with Gasteiger partial charge in [-0.25, -0.2) is 13.2 Å². The highest BCUT2D eigenvalue weighted by molar-refractivity contribution is 7.89. The average molecular weight is 420 g/mol. The number of aromatic amines is 2. The lowest BCUT2D eigenvalue weighted by atomic mass is 9.97. The standard InChI is InChI=1S/C18H24N6O4S/c1-18(2,3)16-21-15(22-28-16)11-23-6-8-24(9-7-23)29(26,27)12-4-5-13-14(10-12)20-17(25)19-13/h4-5,10H,6-9,11H2,1-3H3,(H2,19,20,25). The molecule has 0 unspecified atom stereocenters. The molecule has 1 aliphatic rings. The summed E-state index contributed by atoms with van der Waals surface area (Å²) in [6, 6.07) is 4.60. The highest BCUT2D eigenvalue weighted by Crippen LogP contribution is 2.22. The van der Waals surface area contributed by atoms with Crippen molar-refractivity contribution in [1.82, 2.24) is 29.3 Å². The molecule has 1 aromatic carbocycles. The first-order chi connectivity index (χ1) is 13.6. The maximum absolute atomic E-state index is 13.0. The van der Waals surface area contributed by atoms with Crippen LogP contribution in [0, 0.1) is 0 Å². The predicted molar refractivity (Wildman–Crippen MR) is 106 cm³/mol. The number of H-pyrrole nitrogens is 2. The second kappa shape index (κ2) is 7.08. The minimum atomic E-state index is -3.63. The number of imidazole rings is 1. The molecule has 2 aromatic heterocycles. The minimum Gasteiger partial charge on any atom is -0.339 e. The second-order valence-electron chi connectivity index (χ2n) is 8.23. The van der Waals surface area contributed by atoms with E-state index in [0.29, 0.717) is 55.5 Å². The third-order valence-corrected chi connectivity index (χ3v) is 6.83. The lowest BCUT2D eigenvalue weighted by Gasteiger charge is -2.33. The molecule has 0 amide bonds. The number of hydrogen-bond donors (Lipinski definition) is 2. The van der Waals surface area contributed by atoms with Crippen molar-refractivity contribution in [2.24, 2.45) is 0 Å². The molecule has 3 heterocycles. The molecule has 3 aromatic rings. The van der Waals surface area contributed by atoms with Crippen molar-refractivity contribution < 1.29 is 12.9 Å². The smallest absolute Gasteiger partial charge is 0.323 e. The van der Waals surface area contributed by atoms with Gasteiger partial charge in [0.2, 0.25) is 15.9 Å². The van der Waals surface area contributed by atoms with Crippen LogP contribution in [0.3, 0.4) is 0 Å². The van der Waals surface area contributed by atoms with Gasteiger partial charge in [-0.3, -0.25) is 4.90 Å². The fourth-order valence-electron chi connectivity index (χ4n) is 3.27. The molecule has 1 saturated heterocycles. The molecule has 0 saturated carbocycles. The topological polar surface area (TPSA) is 128 Å². The number of hydrogen-bond acceptors (Lipinski definition) is 7. The van der Waals surface area contributed by atoms with E-state index in [0.717, 1.165) is 0 Å². The maximum Gasteiger partial charge on any atom is 0.323 e. The SMILES string of the molecule is CC(C)(C)c1nc(CN2CCN(S(=O)(=O)c3ccc4[nH]c(=O)[nH]c4c3)CC2)no1. The third kappa shape index (κ3) is 3.98. The van der Waals surface area contributed by atoms with E-state index in [4.69, 9.17) is 4.52 Å². The molecule has 10 nitrogen and oxygen atoms in total. The molecule has 29 heavy (non-hydrogen) atoms. The van der Waals surface area contributed by atoms with Gasteiger partial charge in [0.1, 0.15) is 0 Å². The number of benzene rings is 1. The van der Waals surface area contributed by atoms with Crippen molar-refractivity contribution in [3.05, 3.63) is 40.4 Å². The van der Waals surface area contributed by atoms with Gasteiger partial charge in [0.25, 0.3) is 0 Å². The normalized spacial score (nSPS) is 17.2. The number of fused-ring (bicyclic) bond motifs is 1. The summed E-state index contributed by atoms with van der Waals surface area (Å²) in [5.41, 5.74) is 0.484. The molecule has 0 spiro atoms. The summed E-state index contributed by atoms with van der Waals surface area (Å²) in [6.45, 7) is 8.42. The summed E-state index contributed by atoms with van der Waals surface area (Å²) >= 11 is 0. The zero-order valence-corrected chi connectivity index (χ0v) is 17.4. The van der Waals surface area contributed by atoms with Gasteiger partial charge in [0, 0.05) is 31.6 Å². The molecule has 0 atom stereocenters.